The molecule has 338 valence electrons. The van der Waals surface area contributed by atoms with E-state index in [2.05, 4.69) is 19.2 Å². The Hall–Kier alpha value is -6.02. The number of ether oxygens (including phenoxy) is 4. The maximum atomic E-state index is 14.7. The largest absolute Gasteiger partial charge is 0.490 e. The second-order valence-electron chi connectivity index (χ2n) is 16.5. The smallest absolute Gasteiger partial charge is 0.410 e. The van der Waals surface area contributed by atoms with Crippen molar-refractivity contribution < 1.29 is 43.7 Å². The van der Waals surface area contributed by atoms with Crippen molar-refractivity contribution in [1.82, 2.24) is 4.90 Å². The molecule has 6 atom stereocenters. The van der Waals surface area contributed by atoms with Gasteiger partial charge in [0.2, 0.25) is 5.79 Å². The Bertz CT molecular complexity index is 2320. The number of carbonyl (C=O) groups is 1. The van der Waals surface area contributed by atoms with Gasteiger partial charge in [-0.15, -0.1) is 6.58 Å². The van der Waals surface area contributed by atoms with Gasteiger partial charge in [-0.3, -0.25) is 15.0 Å². The van der Waals surface area contributed by atoms with Gasteiger partial charge in [0.15, 0.2) is 0 Å². The van der Waals surface area contributed by atoms with Gasteiger partial charge in [-0.1, -0.05) is 85.3 Å². The van der Waals surface area contributed by atoms with Gasteiger partial charge < -0.3 is 34.0 Å². The van der Waals surface area contributed by atoms with E-state index < -0.39 is 28.8 Å². The van der Waals surface area contributed by atoms with Crippen molar-refractivity contribution in [3.63, 3.8) is 0 Å². The fraction of sp³-hybridized carbons (Fsp3) is 0.412. The molecule has 13 heteroatoms. The second-order valence-corrected chi connectivity index (χ2v) is 16.5. The number of hydrogen-bond donors (Lipinski definition) is 2. The highest BCUT2D eigenvalue weighted by molar-refractivity contribution is 6.03. The summed E-state index contributed by atoms with van der Waals surface area (Å²) in [6.45, 7) is 10.6. The first-order valence-electron chi connectivity index (χ1n) is 22.3. The van der Waals surface area contributed by atoms with Crippen molar-refractivity contribution in [3.8, 4) is 11.5 Å². The Labute approximate surface area is 374 Å². The zero-order valence-electron chi connectivity index (χ0n) is 36.5. The molecule has 0 radical (unpaired) electrons. The standard InChI is InChI=1S/C51H59N3O10/c1-4-28-61-40-24-25-46-44(31-40)48-42(19-10-12-27-56)37(15-9-11-26-55)30-43-45(52-63-34-35-20-22-39(23-21-35)54(58)59)32-47(51(64-46,49(43)48)62-29-5-2)53(50(57)60-6-3)33-38-17-13-16-36-14-7-8-18-41(36)38/h4-5,7-8,13-14,16-18,20-25,30-31,37,42,47-49,55-56H,1-2,6,9-12,15,19,26-29,32-34H2,3H3. The third-order valence-corrected chi connectivity index (χ3v) is 12.7. The van der Waals surface area contributed by atoms with E-state index in [0.29, 0.717) is 42.2 Å². The zero-order valence-corrected chi connectivity index (χ0v) is 36.5. The van der Waals surface area contributed by atoms with E-state index in [1.165, 1.54) is 12.1 Å². The molecule has 1 amide bonds. The topological polar surface area (TPSA) is 162 Å². The summed E-state index contributed by atoms with van der Waals surface area (Å²) in [6, 6.07) is 25.3. The van der Waals surface area contributed by atoms with E-state index in [0.717, 1.165) is 53.2 Å². The lowest BCUT2D eigenvalue weighted by molar-refractivity contribution is -0.384. The molecule has 4 aromatic rings. The number of non-ortho nitro benzene ring substituents is 1. The number of nitro benzene ring substituents is 1. The molecular formula is C51H59N3O10. The van der Waals surface area contributed by atoms with Crippen LogP contribution in [0.2, 0.25) is 0 Å². The number of fused-ring (bicyclic) bond motifs is 3. The number of rotatable bonds is 22. The predicted octanol–water partition coefficient (Wildman–Crippen LogP) is 9.81. The number of carbonyl (C=O) groups excluding carboxylic acids is 1. The highest BCUT2D eigenvalue weighted by atomic mass is 16.7. The van der Waals surface area contributed by atoms with Gasteiger partial charge in [-0.05, 0) is 102 Å². The third-order valence-electron chi connectivity index (χ3n) is 12.7. The number of benzene rings is 4. The van der Waals surface area contributed by atoms with Gasteiger partial charge in [0.25, 0.3) is 5.69 Å². The van der Waals surface area contributed by atoms with Crippen LogP contribution in [0.3, 0.4) is 0 Å². The van der Waals surface area contributed by atoms with Gasteiger partial charge in [0.1, 0.15) is 30.8 Å². The lowest BCUT2D eigenvalue weighted by atomic mass is 9.55. The molecule has 1 fully saturated rings. The zero-order chi connectivity index (χ0) is 45.1. The van der Waals surface area contributed by atoms with E-state index in [1.807, 2.05) is 60.7 Å². The molecule has 6 unspecified atom stereocenters. The summed E-state index contributed by atoms with van der Waals surface area (Å²) in [6.07, 6.45) is 9.68. The number of hydrogen-bond acceptors (Lipinski definition) is 11. The Kier molecular flexibility index (Phi) is 15.5. The Morgan fingerprint density at radius 3 is 2.45 bits per heavy atom. The molecule has 0 saturated heterocycles. The average molecular weight is 874 g/mol. The Morgan fingerprint density at radius 2 is 1.72 bits per heavy atom. The summed E-state index contributed by atoms with van der Waals surface area (Å²) in [5, 5.41) is 38.2. The van der Waals surface area contributed by atoms with Crippen molar-refractivity contribution in [1.29, 1.82) is 0 Å². The molecule has 0 bridgehead atoms. The summed E-state index contributed by atoms with van der Waals surface area (Å²) in [5.74, 6) is -1.01. The highest BCUT2D eigenvalue weighted by Crippen LogP contribution is 2.62. The quantitative estimate of drug-likeness (QED) is 0.0337. The fourth-order valence-corrected chi connectivity index (χ4v) is 9.91. The minimum absolute atomic E-state index is 0.0122. The van der Waals surface area contributed by atoms with Gasteiger partial charge in [-0.2, -0.15) is 0 Å². The predicted molar refractivity (Wildman–Crippen MR) is 245 cm³/mol. The van der Waals surface area contributed by atoms with Gasteiger partial charge in [0.05, 0.1) is 36.3 Å². The molecule has 0 spiro atoms. The summed E-state index contributed by atoms with van der Waals surface area (Å²) in [5.41, 5.74) is 3.99. The van der Waals surface area contributed by atoms with Crippen LogP contribution in [0.5, 0.6) is 11.5 Å². The maximum absolute atomic E-state index is 14.7. The molecule has 1 heterocycles. The summed E-state index contributed by atoms with van der Waals surface area (Å²) >= 11 is 0. The lowest BCUT2D eigenvalue weighted by Gasteiger charge is -2.59. The first-order chi connectivity index (χ1) is 31.3. The molecule has 13 nitrogen and oxygen atoms in total. The van der Waals surface area contributed by atoms with E-state index in [9.17, 15) is 25.1 Å². The minimum Gasteiger partial charge on any atom is -0.490 e. The minimum atomic E-state index is -1.50. The van der Waals surface area contributed by atoms with Gasteiger partial charge in [-0.25, -0.2) is 4.79 Å². The molecule has 0 aromatic heterocycles. The number of allylic oxidation sites excluding steroid dienone is 1. The number of aliphatic hydroxyl groups is 2. The normalized spacial score (nSPS) is 22.6. The van der Waals surface area contributed by atoms with Crippen molar-refractivity contribution in [2.24, 2.45) is 22.9 Å². The van der Waals surface area contributed by atoms with Crippen LogP contribution in [0.1, 0.15) is 74.5 Å². The molecule has 64 heavy (non-hydrogen) atoms. The molecule has 7 rings (SSSR count). The number of nitrogens with zero attached hydrogens (tertiary/aromatic N) is 3. The Morgan fingerprint density at radius 1 is 0.969 bits per heavy atom. The van der Waals surface area contributed by atoms with Crippen LogP contribution in [0.4, 0.5) is 10.5 Å². The molecule has 4 aromatic carbocycles. The summed E-state index contributed by atoms with van der Waals surface area (Å²) < 4.78 is 26.5. The fourth-order valence-electron chi connectivity index (χ4n) is 9.91. The lowest BCUT2D eigenvalue weighted by Crippen LogP contribution is -2.70. The number of amides is 1. The van der Waals surface area contributed by atoms with Crippen LogP contribution in [-0.4, -0.2) is 76.7 Å². The molecule has 1 saturated carbocycles. The highest BCUT2D eigenvalue weighted by Gasteiger charge is 2.65. The van der Waals surface area contributed by atoms with Crippen molar-refractivity contribution in [2.75, 3.05) is 33.0 Å². The van der Waals surface area contributed by atoms with Crippen molar-refractivity contribution >= 4 is 28.3 Å². The van der Waals surface area contributed by atoms with Crippen molar-refractivity contribution in [2.45, 2.75) is 82.8 Å². The summed E-state index contributed by atoms with van der Waals surface area (Å²) in [7, 11) is 0. The summed E-state index contributed by atoms with van der Waals surface area (Å²) in [4.78, 5) is 33.5. The molecule has 2 aliphatic carbocycles. The third kappa shape index (κ3) is 9.86. The molecule has 2 N–H and O–H groups in total. The molecular weight excluding hydrogens is 815 g/mol. The monoisotopic (exact) mass is 873 g/mol. The number of oxime groups is 1. The van der Waals surface area contributed by atoms with Gasteiger partial charge >= 0.3 is 6.09 Å². The van der Waals surface area contributed by atoms with E-state index in [-0.39, 0.29) is 69.4 Å². The SMILES string of the molecule is C=CCOc1ccc2c(c1)C1C(CCCCO)C(CCCCO)C=C3C(=NOCc4ccc([N+](=O)[O-])cc4)CC(N(Cc4cccc5ccccc45)C(=O)OCC)C(OCC=C)(O2)C31. The second kappa shape index (κ2) is 21.6. The first kappa shape index (κ1) is 46.0. The number of nitro groups is 1. The first-order valence-corrected chi connectivity index (χ1v) is 22.3. The van der Waals surface area contributed by atoms with Crippen LogP contribution in [0.25, 0.3) is 10.8 Å². The average Bonchev–Trinajstić information content (AvgIpc) is 3.31. The van der Waals surface area contributed by atoms with Crippen LogP contribution < -0.4 is 9.47 Å². The van der Waals surface area contributed by atoms with E-state index >= 15 is 0 Å². The van der Waals surface area contributed by atoms with Crippen LogP contribution in [-0.2, 0) is 27.5 Å². The van der Waals surface area contributed by atoms with Crippen LogP contribution in [0, 0.1) is 27.9 Å². The van der Waals surface area contributed by atoms with E-state index in [4.69, 9.17) is 28.9 Å². The number of aliphatic hydroxyl groups excluding tert-OH is 2. The molecule has 1 aliphatic heterocycles. The van der Waals surface area contributed by atoms with E-state index in [1.54, 1.807) is 36.1 Å². The number of unbranched alkanes of at least 4 members (excludes halogenated alkanes) is 2. The van der Waals surface area contributed by atoms with Crippen molar-refractivity contribution in [3.05, 3.63) is 149 Å². The Balaban J connectivity index is 1.45. The maximum Gasteiger partial charge on any atom is 0.410 e. The van der Waals surface area contributed by atoms with Crippen LogP contribution >= 0.6 is 0 Å². The van der Waals surface area contributed by atoms with Gasteiger partial charge in [0, 0.05) is 43.2 Å². The van der Waals surface area contributed by atoms with Crippen LogP contribution in [0.15, 0.2) is 127 Å². The molecule has 3 aliphatic rings.